The molecule has 0 aliphatic rings. The van der Waals surface area contributed by atoms with Crippen LogP contribution in [-0.4, -0.2) is 12.6 Å². The van der Waals surface area contributed by atoms with Gasteiger partial charge in [-0.25, -0.2) is 0 Å². The molecule has 0 aliphatic heterocycles. The third-order valence-corrected chi connectivity index (χ3v) is 3.40. The SMILES string of the molecule is CC(C)CC(CNC(C)C)Cc1cccc(C(F)(F)F)c1. The lowest BCUT2D eigenvalue weighted by Crippen LogP contribution is -2.30. The average molecular weight is 301 g/mol. The first-order chi connectivity index (χ1) is 9.68. The fraction of sp³-hybridized carbons (Fsp3) is 0.647. The summed E-state index contributed by atoms with van der Waals surface area (Å²) < 4.78 is 38.3. The lowest BCUT2D eigenvalue weighted by molar-refractivity contribution is -0.137. The summed E-state index contributed by atoms with van der Waals surface area (Å²) in [5.74, 6) is 0.894. The van der Waals surface area contributed by atoms with Crippen LogP contribution >= 0.6 is 0 Å². The van der Waals surface area contributed by atoms with Gasteiger partial charge in [-0.1, -0.05) is 45.9 Å². The predicted molar refractivity (Wildman–Crippen MR) is 81.2 cm³/mol. The third kappa shape index (κ3) is 6.98. The van der Waals surface area contributed by atoms with Gasteiger partial charge < -0.3 is 5.32 Å². The fourth-order valence-corrected chi connectivity index (χ4v) is 2.52. The maximum atomic E-state index is 12.8. The van der Waals surface area contributed by atoms with Crippen LogP contribution < -0.4 is 5.32 Å². The zero-order valence-electron chi connectivity index (χ0n) is 13.3. The van der Waals surface area contributed by atoms with Gasteiger partial charge in [0.1, 0.15) is 0 Å². The Labute approximate surface area is 125 Å². The average Bonchev–Trinajstić information content (AvgIpc) is 2.34. The number of hydrogen-bond acceptors (Lipinski definition) is 1. The fourth-order valence-electron chi connectivity index (χ4n) is 2.52. The summed E-state index contributed by atoms with van der Waals surface area (Å²) in [5, 5.41) is 3.39. The van der Waals surface area contributed by atoms with Crippen molar-refractivity contribution in [2.45, 2.75) is 52.8 Å². The zero-order chi connectivity index (χ0) is 16.0. The van der Waals surface area contributed by atoms with Gasteiger partial charge in [0, 0.05) is 6.04 Å². The van der Waals surface area contributed by atoms with Crippen molar-refractivity contribution >= 4 is 0 Å². The Bertz CT molecular complexity index is 424. The molecule has 0 saturated carbocycles. The van der Waals surface area contributed by atoms with Crippen LogP contribution in [0.25, 0.3) is 0 Å². The summed E-state index contributed by atoms with van der Waals surface area (Å²) in [6.07, 6.45) is -2.57. The molecule has 0 bridgehead atoms. The van der Waals surface area contributed by atoms with E-state index in [9.17, 15) is 13.2 Å². The lowest BCUT2D eigenvalue weighted by atomic mass is 9.90. The molecule has 1 atom stereocenters. The quantitative estimate of drug-likeness (QED) is 0.754. The van der Waals surface area contributed by atoms with Crippen molar-refractivity contribution in [3.63, 3.8) is 0 Å². The summed E-state index contributed by atoms with van der Waals surface area (Å²) in [4.78, 5) is 0. The van der Waals surface area contributed by atoms with Crippen LogP contribution in [0.1, 0.15) is 45.2 Å². The Hall–Kier alpha value is -1.03. The Morgan fingerprint density at radius 2 is 1.76 bits per heavy atom. The van der Waals surface area contributed by atoms with Crippen LogP contribution in [0.2, 0.25) is 0 Å². The minimum atomic E-state index is -4.26. The highest BCUT2D eigenvalue weighted by atomic mass is 19.4. The molecule has 1 N–H and O–H groups in total. The van der Waals surface area contributed by atoms with Crippen molar-refractivity contribution in [1.82, 2.24) is 5.32 Å². The lowest BCUT2D eigenvalue weighted by Gasteiger charge is -2.21. The molecule has 0 radical (unpaired) electrons. The summed E-state index contributed by atoms with van der Waals surface area (Å²) in [6, 6.07) is 6.09. The van der Waals surface area contributed by atoms with Crippen LogP contribution in [0.4, 0.5) is 13.2 Å². The second kappa shape index (κ2) is 7.83. The van der Waals surface area contributed by atoms with Crippen LogP contribution in [0.5, 0.6) is 0 Å². The van der Waals surface area contributed by atoms with Crippen LogP contribution in [0.3, 0.4) is 0 Å². The summed E-state index contributed by atoms with van der Waals surface area (Å²) in [5.41, 5.74) is 0.209. The Morgan fingerprint density at radius 1 is 1.10 bits per heavy atom. The monoisotopic (exact) mass is 301 g/mol. The molecule has 1 aromatic rings. The molecule has 0 saturated heterocycles. The van der Waals surface area contributed by atoms with E-state index in [2.05, 4.69) is 33.0 Å². The van der Waals surface area contributed by atoms with E-state index >= 15 is 0 Å². The molecule has 0 aromatic heterocycles. The summed E-state index contributed by atoms with van der Waals surface area (Å²) >= 11 is 0. The number of hydrogen-bond donors (Lipinski definition) is 1. The summed E-state index contributed by atoms with van der Waals surface area (Å²) in [6.45, 7) is 9.29. The van der Waals surface area contributed by atoms with Crippen molar-refractivity contribution in [1.29, 1.82) is 0 Å². The van der Waals surface area contributed by atoms with Gasteiger partial charge in [0.05, 0.1) is 5.56 Å². The van der Waals surface area contributed by atoms with Gasteiger partial charge in [-0.15, -0.1) is 0 Å². The first-order valence-electron chi connectivity index (χ1n) is 7.58. The molecule has 0 heterocycles. The Kier molecular flexibility index (Phi) is 6.72. The van der Waals surface area contributed by atoms with E-state index in [4.69, 9.17) is 0 Å². The first kappa shape index (κ1) is 18.0. The van der Waals surface area contributed by atoms with Crippen molar-refractivity contribution in [2.75, 3.05) is 6.54 Å². The molecule has 0 fully saturated rings. The zero-order valence-corrected chi connectivity index (χ0v) is 13.3. The topological polar surface area (TPSA) is 12.0 Å². The van der Waals surface area contributed by atoms with Gasteiger partial charge in [0.15, 0.2) is 0 Å². The van der Waals surface area contributed by atoms with Gasteiger partial charge in [0.25, 0.3) is 0 Å². The molecule has 1 rings (SSSR count). The largest absolute Gasteiger partial charge is 0.416 e. The smallest absolute Gasteiger partial charge is 0.314 e. The second-order valence-electron chi connectivity index (χ2n) is 6.46. The van der Waals surface area contributed by atoms with Crippen LogP contribution in [-0.2, 0) is 12.6 Å². The number of benzene rings is 1. The highest BCUT2D eigenvalue weighted by molar-refractivity contribution is 5.26. The molecule has 0 amide bonds. The Balaban J connectivity index is 2.77. The molecule has 1 aromatic carbocycles. The minimum Gasteiger partial charge on any atom is -0.314 e. The van der Waals surface area contributed by atoms with Gasteiger partial charge in [-0.2, -0.15) is 13.2 Å². The van der Waals surface area contributed by atoms with E-state index in [-0.39, 0.29) is 0 Å². The third-order valence-electron chi connectivity index (χ3n) is 3.40. The molecule has 0 spiro atoms. The van der Waals surface area contributed by atoms with Crippen molar-refractivity contribution in [2.24, 2.45) is 11.8 Å². The predicted octanol–water partition coefficient (Wildman–Crippen LogP) is 4.91. The molecule has 1 unspecified atom stereocenters. The normalized spacial score (nSPS) is 14.0. The minimum absolute atomic E-state index is 0.357. The molecule has 0 aliphatic carbocycles. The highest BCUT2D eigenvalue weighted by Gasteiger charge is 2.30. The molecular weight excluding hydrogens is 275 g/mol. The van der Waals surface area contributed by atoms with Crippen molar-refractivity contribution in [3.8, 4) is 0 Å². The number of halogens is 3. The number of alkyl halides is 3. The van der Waals surface area contributed by atoms with Gasteiger partial charge in [-0.3, -0.25) is 0 Å². The van der Waals surface area contributed by atoms with Crippen molar-refractivity contribution in [3.05, 3.63) is 35.4 Å². The maximum absolute atomic E-state index is 12.8. The van der Waals surface area contributed by atoms with E-state index in [1.54, 1.807) is 6.07 Å². The van der Waals surface area contributed by atoms with E-state index < -0.39 is 11.7 Å². The molecule has 1 nitrogen and oxygen atoms in total. The van der Waals surface area contributed by atoms with E-state index in [1.807, 2.05) is 0 Å². The van der Waals surface area contributed by atoms with E-state index in [1.165, 1.54) is 12.1 Å². The van der Waals surface area contributed by atoms with Crippen LogP contribution in [0.15, 0.2) is 24.3 Å². The molecule has 4 heteroatoms. The first-order valence-corrected chi connectivity index (χ1v) is 7.58. The second-order valence-corrected chi connectivity index (χ2v) is 6.46. The van der Waals surface area contributed by atoms with Gasteiger partial charge >= 0.3 is 6.18 Å². The van der Waals surface area contributed by atoms with Crippen molar-refractivity contribution < 1.29 is 13.2 Å². The molecule has 120 valence electrons. The maximum Gasteiger partial charge on any atom is 0.416 e. The molecule has 21 heavy (non-hydrogen) atoms. The summed E-state index contributed by atoms with van der Waals surface area (Å²) in [7, 11) is 0. The van der Waals surface area contributed by atoms with E-state index in [0.717, 1.165) is 24.6 Å². The standard InChI is InChI=1S/C17H26F3N/c1-12(2)8-15(11-21-13(3)4)9-14-6-5-7-16(10-14)17(18,19)20/h5-7,10,12-13,15,21H,8-9,11H2,1-4H3. The van der Waals surface area contributed by atoms with Gasteiger partial charge in [0.2, 0.25) is 0 Å². The Morgan fingerprint density at radius 3 is 2.29 bits per heavy atom. The number of rotatable bonds is 7. The van der Waals surface area contributed by atoms with Gasteiger partial charge in [-0.05, 0) is 42.9 Å². The van der Waals surface area contributed by atoms with E-state index in [0.29, 0.717) is 24.3 Å². The highest BCUT2D eigenvalue weighted by Crippen LogP contribution is 2.30. The van der Waals surface area contributed by atoms with Crippen LogP contribution in [0, 0.1) is 11.8 Å². The number of nitrogens with one attached hydrogen (secondary N) is 1. The molecular formula is C17H26F3N.